The third-order valence-electron chi connectivity index (χ3n) is 6.27. The molecule has 0 N–H and O–H groups in total. The minimum atomic E-state index is -0.655. The third-order valence-corrected chi connectivity index (χ3v) is 7.16. The summed E-state index contributed by atoms with van der Waals surface area (Å²) in [5, 5.41) is 1.87. The van der Waals surface area contributed by atoms with Gasteiger partial charge in [0, 0.05) is 12.2 Å². The van der Waals surface area contributed by atoms with Gasteiger partial charge in [-0.25, -0.2) is 0 Å². The number of carbonyl (C=O) groups excluding carboxylic acids is 3. The Morgan fingerprint density at radius 3 is 2.62 bits per heavy atom. The Balaban J connectivity index is 1.62. The Kier molecular flexibility index (Phi) is 4.39. The fourth-order valence-electron chi connectivity index (χ4n) is 4.98. The Hall–Kier alpha value is -2.73. The van der Waals surface area contributed by atoms with E-state index in [1.807, 2.05) is 59.7 Å². The van der Waals surface area contributed by atoms with Crippen molar-refractivity contribution < 1.29 is 14.4 Å². The fraction of sp³-hybridized carbons (Fsp3) is 0.348. The number of imide groups is 1. The SMILES string of the molecule is CCCCN1C(=O)[C@@H]2[C@H](C1=O)[C@H](C(=O)c1cccs1)N1c3ccccc3C=C[C@@H]21. The number of rotatable bonds is 5. The number of likely N-dealkylation sites (tertiary alicyclic amines) is 1. The molecule has 2 saturated heterocycles. The van der Waals surface area contributed by atoms with Crippen molar-refractivity contribution in [2.45, 2.75) is 31.8 Å². The monoisotopic (exact) mass is 406 g/mol. The highest BCUT2D eigenvalue weighted by Gasteiger charge is 2.63. The van der Waals surface area contributed by atoms with Crippen LogP contribution in [-0.2, 0) is 9.59 Å². The number of para-hydroxylation sites is 1. The van der Waals surface area contributed by atoms with E-state index in [1.54, 1.807) is 6.07 Å². The smallest absolute Gasteiger partial charge is 0.235 e. The first-order valence-electron chi connectivity index (χ1n) is 10.1. The van der Waals surface area contributed by atoms with E-state index in [2.05, 4.69) is 0 Å². The Labute approximate surface area is 173 Å². The number of hydrogen-bond donors (Lipinski definition) is 0. The number of carbonyl (C=O) groups is 3. The van der Waals surface area contributed by atoms with Gasteiger partial charge in [-0.05, 0) is 29.5 Å². The second-order valence-electron chi connectivity index (χ2n) is 7.84. The summed E-state index contributed by atoms with van der Waals surface area (Å²) >= 11 is 1.39. The molecule has 148 valence electrons. The molecule has 1 aromatic heterocycles. The molecule has 1 aromatic carbocycles. The van der Waals surface area contributed by atoms with Gasteiger partial charge in [0.15, 0.2) is 5.78 Å². The highest BCUT2D eigenvalue weighted by atomic mass is 32.1. The summed E-state index contributed by atoms with van der Waals surface area (Å²) in [6.07, 6.45) is 5.70. The molecule has 3 aliphatic heterocycles. The molecule has 0 saturated carbocycles. The predicted octanol–water partition coefficient (Wildman–Crippen LogP) is 3.62. The molecule has 2 fully saturated rings. The van der Waals surface area contributed by atoms with Crippen LogP contribution >= 0.6 is 11.3 Å². The maximum absolute atomic E-state index is 13.6. The molecule has 2 aromatic rings. The van der Waals surface area contributed by atoms with Crippen LogP contribution in [0.2, 0.25) is 0 Å². The quantitative estimate of drug-likeness (QED) is 0.562. The van der Waals surface area contributed by atoms with E-state index in [0.29, 0.717) is 11.4 Å². The van der Waals surface area contributed by atoms with Crippen LogP contribution in [0.3, 0.4) is 0 Å². The van der Waals surface area contributed by atoms with E-state index < -0.39 is 17.9 Å². The van der Waals surface area contributed by atoms with Gasteiger partial charge in [-0.3, -0.25) is 19.3 Å². The highest BCUT2D eigenvalue weighted by molar-refractivity contribution is 7.12. The summed E-state index contributed by atoms with van der Waals surface area (Å²) in [5.41, 5.74) is 1.93. The van der Waals surface area contributed by atoms with Crippen molar-refractivity contribution >= 4 is 40.7 Å². The first-order valence-corrected chi connectivity index (χ1v) is 11.0. The van der Waals surface area contributed by atoms with E-state index in [9.17, 15) is 14.4 Å². The van der Waals surface area contributed by atoms with Crippen LogP contribution in [0, 0.1) is 11.8 Å². The molecular formula is C23H22N2O3S. The second kappa shape index (κ2) is 6.95. The summed E-state index contributed by atoms with van der Waals surface area (Å²) in [4.78, 5) is 44.2. The molecule has 0 spiro atoms. The number of nitrogens with zero attached hydrogens (tertiary/aromatic N) is 2. The van der Waals surface area contributed by atoms with Gasteiger partial charge in [0.2, 0.25) is 11.8 Å². The standard InChI is InChI=1S/C23H22N2O3S/c1-2-3-12-24-22(27)18-16-11-10-14-7-4-5-8-15(14)25(16)20(19(18)23(24)28)21(26)17-9-6-13-29-17/h4-11,13,16,18-20H,2-3,12H2,1H3/t16-,18-,19-,20+/m0/s1. The maximum Gasteiger partial charge on any atom is 0.235 e. The molecule has 4 atom stereocenters. The van der Waals surface area contributed by atoms with Gasteiger partial charge >= 0.3 is 0 Å². The minimum absolute atomic E-state index is 0.0684. The van der Waals surface area contributed by atoms with Crippen LogP contribution < -0.4 is 4.90 Å². The molecule has 0 radical (unpaired) electrons. The van der Waals surface area contributed by atoms with Crippen molar-refractivity contribution in [1.82, 2.24) is 4.90 Å². The first kappa shape index (κ1) is 18.3. The van der Waals surface area contributed by atoms with Crippen molar-refractivity contribution in [2.75, 3.05) is 11.4 Å². The van der Waals surface area contributed by atoms with Crippen molar-refractivity contribution in [3.63, 3.8) is 0 Å². The summed E-state index contributed by atoms with van der Waals surface area (Å²) in [7, 11) is 0. The van der Waals surface area contributed by atoms with Gasteiger partial charge in [-0.2, -0.15) is 0 Å². The van der Waals surface area contributed by atoms with Crippen LogP contribution in [0.4, 0.5) is 5.69 Å². The number of unbranched alkanes of at least 4 members (excludes halogenated alkanes) is 1. The third kappa shape index (κ3) is 2.62. The lowest BCUT2D eigenvalue weighted by Gasteiger charge is -2.36. The van der Waals surface area contributed by atoms with Gasteiger partial charge in [0.25, 0.3) is 0 Å². The van der Waals surface area contributed by atoms with Crippen molar-refractivity contribution in [1.29, 1.82) is 0 Å². The predicted molar refractivity (Wildman–Crippen MR) is 113 cm³/mol. The number of thiophene rings is 1. The molecule has 4 heterocycles. The maximum atomic E-state index is 13.6. The molecule has 0 aliphatic carbocycles. The molecule has 2 amide bonds. The molecule has 29 heavy (non-hydrogen) atoms. The molecule has 6 heteroatoms. The molecule has 3 aliphatic rings. The number of fused-ring (bicyclic) bond motifs is 5. The zero-order valence-corrected chi connectivity index (χ0v) is 17.0. The van der Waals surface area contributed by atoms with Gasteiger partial charge < -0.3 is 4.90 Å². The van der Waals surface area contributed by atoms with Gasteiger partial charge in [-0.15, -0.1) is 11.3 Å². The topological polar surface area (TPSA) is 57.7 Å². The molecule has 0 bridgehead atoms. The normalized spacial score (nSPS) is 27.2. The largest absolute Gasteiger partial charge is 0.352 e. The average Bonchev–Trinajstić information content (AvgIpc) is 3.44. The lowest BCUT2D eigenvalue weighted by atomic mass is 9.87. The van der Waals surface area contributed by atoms with Crippen LogP contribution in [0.15, 0.2) is 47.9 Å². The number of Topliss-reactive ketones (excluding diaryl/α,β-unsaturated/α-hetero) is 1. The number of benzene rings is 1. The van der Waals surface area contributed by atoms with Gasteiger partial charge in [-0.1, -0.05) is 49.8 Å². The number of amides is 2. The Bertz CT molecular complexity index is 1010. The van der Waals surface area contributed by atoms with E-state index in [0.717, 1.165) is 24.1 Å². The van der Waals surface area contributed by atoms with Crippen LogP contribution in [0.1, 0.15) is 35.0 Å². The molecule has 5 rings (SSSR count). The second-order valence-corrected chi connectivity index (χ2v) is 8.78. The Morgan fingerprint density at radius 2 is 1.86 bits per heavy atom. The number of anilines is 1. The van der Waals surface area contributed by atoms with E-state index in [4.69, 9.17) is 0 Å². The van der Waals surface area contributed by atoms with E-state index in [1.165, 1.54) is 16.2 Å². The van der Waals surface area contributed by atoms with E-state index in [-0.39, 0.29) is 23.6 Å². The average molecular weight is 407 g/mol. The van der Waals surface area contributed by atoms with Crippen molar-refractivity contribution in [3.05, 3.63) is 58.3 Å². The molecule has 0 unspecified atom stereocenters. The van der Waals surface area contributed by atoms with Crippen molar-refractivity contribution in [2.24, 2.45) is 11.8 Å². The van der Waals surface area contributed by atoms with Crippen LogP contribution in [-0.4, -0.2) is 41.1 Å². The lowest BCUT2D eigenvalue weighted by molar-refractivity contribution is -0.140. The summed E-state index contributed by atoms with van der Waals surface area (Å²) in [6, 6.07) is 10.6. The Morgan fingerprint density at radius 1 is 1.07 bits per heavy atom. The van der Waals surface area contributed by atoms with Crippen molar-refractivity contribution in [3.8, 4) is 0 Å². The van der Waals surface area contributed by atoms with Crippen LogP contribution in [0.5, 0.6) is 0 Å². The molecule has 5 nitrogen and oxygen atoms in total. The fourth-order valence-corrected chi connectivity index (χ4v) is 5.67. The van der Waals surface area contributed by atoms with Gasteiger partial charge in [0.05, 0.1) is 22.8 Å². The summed E-state index contributed by atoms with van der Waals surface area (Å²) in [5.74, 6) is -1.52. The zero-order valence-electron chi connectivity index (χ0n) is 16.2. The van der Waals surface area contributed by atoms with E-state index >= 15 is 0 Å². The number of hydrogen-bond acceptors (Lipinski definition) is 5. The zero-order chi connectivity index (χ0) is 20.1. The summed E-state index contributed by atoms with van der Waals surface area (Å²) in [6.45, 7) is 2.48. The minimum Gasteiger partial charge on any atom is -0.352 e. The van der Waals surface area contributed by atoms with Gasteiger partial charge in [0.1, 0.15) is 6.04 Å². The van der Waals surface area contributed by atoms with Crippen LogP contribution in [0.25, 0.3) is 6.08 Å². The highest BCUT2D eigenvalue weighted by Crippen LogP contribution is 2.49. The molecular weight excluding hydrogens is 384 g/mol. The lowest BCUT2D eigenvalue weighted by Crippen LogP contribution is -2.48. The number of ketones is 1. The summed E-state index contributed by atoms with van der Waals surface area (Å²) < 4.78 is 0. The first-order chi connectivity index (χ1) is 14.1.